The van der Waals surface area contributed by atoms with Crippen LogP contribution >= 0.6 is 0 Å². The Hall–Kier alpha value is -3.50. The number of benzene rings is 3. The van der Waals surface area contributed by atoms with Crippen LogP contribution in [-0.4, -0.2) is 13.1 Å². The van der Waals surface area contributed by atoms with Crippen molar-refractivity contribution in [1.82, 2.24) is 0 Å². The molecule has 0 aliphatic carbocycles. The quantitative estimate of drug-likeness (QED) is 0.119. The zero-order valence-corrected chi connectivity index (χ0v) is 24.0. The van der Waals surface area contributed by atoms with Gasteiger partial charge in [-0.25, -0.2) is 0 Å². The molecule has 0 saturated heterocycles. The van der Waals surface area contributed by atoms with Crippen LogP contribution in [0, 0.1) is 18.8 Å². The maximum Gasteiger partial charge on any atom is 0.0432 e. The summed E-state index contributed by atoms with van der Waals surface area (Å²) in [6, 6.07) is 18.1. The molecule has 39 heavy (non-hydrogen) atoms. The van der Waals surface area contributed by atoms with E-state index in [-0.39, 0.29) is 0 Å². The maximum atomic E-state index is 3.89. The molecule has 200 valence electrons. The first-order valence-corrected chi connectivity index (χ1v) is 15.1. The van der Waals surface area contributed by atoms with E-state index in [1.54, 1.807) is 0 Å². The first kappa shape index (κ1) is 27.1. The van der Waals surface area contributed by atoms with Gasteiger partial charge in [-0.2, -0.15) is 0 Å². The summed E-state index contributed by atoms with van der Waals surface area (Å²) in [6.07, 6.45) is 18.4. The number of unbranched alkanes of at least 4 members (excludes halogenated alkanes) is 2. The van der Waals surface area contributed by atoms with Crippen molar-refractivity contribution in [2.24, 2.45) is 0 Å². The average molecular weight is 514 g/mol. The number of nitrogens with zero attached hydrogens (tertiary/aromatic N) is 1. The van der Waals surface area contributed by atoms with Crippen LogP contribution < -0.4 is 4.90 Å². The van der Waals surface area contributed by atoms with Crippen LogP contribution in [0.2, 0.25) is 0 Å². The lowest BCUT2D eigenvalue weighted by Gasteiger charge is -2.37. The van der Waals surface area contributed by atoms with Crippen LogP contribution in [0.15, 0.2) is 61.2 Å². The highest BCUT2D eigenvalue weighted by Gasteiger charge is 2.23. The normalized spacial score (nSPS) is 14.2. The minimum Gasteiger partial charge on any atom is -0.371 e. The summed E-state index contributed by atoms with van der Waals surface area (Å²) in [4.78, 5) is 2.59. The molecule has 0 atom stereocenters. The van der Waals surface area contributed by atoms with Crippen LogP contribution in [0.1, 0.15) is 95.5 Å². The first-order valence-electron chi connectivity index (χ1n) is 15.1. The second kappa shape index (κ2) is 13.0. The topological polar surface area (TPSA) is 3.24 Å². The molecule has 3 aromatic carbocycles. The van der Waals surface area contributed by atoms with Gasteiger partial charge in [0, 0.05) is 29.9 Å². The molecule has 1 nitrogen and oxygen atoms in total. The third-order valence-corrected chi connectivity index (χ3v) is 8.36. The summed E-state index contributed by atoms with van der Waals surface area (Å²) in [5.41, 5.74) is 13.7. The van der Waals surface area contributed by atoms with Crippen molar-refractivity contribution >= 4 is 17.8 Å². The Morgan fingerprint density at radius 1 is 0.795 bits per heavy atom. The van der Waals surface area contributed by atoms with E-state index in [9.17, 15) is 0 Å². The van der Waals surface area contributed by atoms with Crippen molar-refractivity contribution in [3.63, 3.8) is 0 Å². The zero-order valence-electron chi connectivity index (χ0n) is 24.0. The Kier molecular flexibility index (Phi) is 9.05. The molecule has 0 amide bonds. The Morgan fingerprint density at radius 3 is 2.05 bits per heavy atom. The fourth-order valence-corrected chi connectivity index (χ4v) is 6.18. The monoisotopic (exact) mass is 513 g/mol. The van der Waals surface area contributed by atoms with Gasteiger partial charge < -0.3 is 4.90 Å². The second-order valence-electron chi connectivity index (χ2n) is 11.3. The van der Waals surface area contributed by atoms with Crippen molar-refractivity contribution in [1.29, 1.82) is 0 Å². The van der Waals surface area contributed by atoms with Crippen molar-refractivity contribution in [3.05, 3.63) is 111 Å². The fraction of sp³-hybridized carbons (Fsp3) is 0.368. The standard InChI is InChI=1S/C38H43N/c1-4-6-8-12-35-26-32(25-34(29(35)3)11-7-5-2)21-19-30-15-17-31(18-16-30)20-22-33-27-36-13-9-23-39-24-10-14-37(28-33)38(36)39/h4,15-19,21,25-28H,1,5-14,23-24H2,2-3H3/b21-19+. The van der Waals surface area contributed by atoms with Gasteiger partial charge in [0.1, 0.15) is 0 Å². The maximum absolute atomic E-state index is 3.89. The van der Waals surface area contributed by atoms with Crippen molar-refractivity contribution in [2.45, 2.75) is 78.1 Å². The van der Waals surface area contributed by atoms with Gasteiger partial charge in [0.05, 0.1) is 0 Å². The summed E-state index contributed by atoms with van der Waals surface area (Å²) < 4.78 is 0. The Morgan fingerprint density at radius 2 is 1.41 bits per heavy atom. The molecule has 2 heterocycles. The third-order valence-electron chi connectivity index (χ3n) is 8.36. The van der Waals surface area contributed by atoms with E-state index in [4.69, 9.17) is 0 Å². The Bertz CT molecular complexity index is 1360. The molecule has 0 radical (unpaired) electrons. The van der Waals surface area contributed by atoms with Crippen LogP contribution in [-0.2, 0) is 25.7 Å². The van der Waals surface area contributed by atoms with E-state index in [1.165, 1.54) is 108 Å². The van der Waals surface area contributed by atoms with Crippen LogP contribution in [0.5, 0.6) is 0 Å². The van der Waals surface area contributed by atoms with Gasteiger partial charge in [-0.05, 0) is 128 Å². The van der Waals surface area contributed by atoms with E-state index < -0.39 is 0 Å². The summed E-state index contributed by atoms with van der Waals surface area (Å²) in [7, 11) is 0. The minimum atomic E-state index is 1.07. The van der Waals surface area contributed by atoms with E-state index in [0.717, 1.165) is 24.8 Å². The molecule has 0 spiro atoms. The predicted octanol–water partition coefficient (Wildman–Crippen LogP) is 9.12. The van der Waals surface area contributed by atoms with Gasteiger partial charge in [0.2, 0.25) is 0 Å². The largest absolute Gasteiger partial charge is 0.371 e. The summed E-state index contributed by atoms with van der Waals surface area (Å²) in [5.74, 6) is 6.88. The van der Waals surface area contributed by atoms with E-state index in [1.807, 2.05) is 6.08 Å². The highest BCUT2D eigenvalue weighted by atomic mass is 15.1. The van der Waals surface area contributed by atoms with Crippen molar-refractivity contribution in [3.8, 4) is 11.8 Å². The number of aryl methyl sites for hydroxylation is 4. The summed E-state index contributed by atoms with van der Waals surface area (Å²) in [6.45, 7) is 10.9. The van der Waals surface area contributed by atoms with E-state index in [0.29, 0.717) is 0 Å². The summed E-state index contributed by atoms with van der Waals surface area (Å²) in [5, 5.41) is 0. The van der Waals surface area contributed by atoms with Gasteiger partial charge in [-0.15, -0.1) is 6.58 Å². The Balaban J connectivity index is 1.30. The molecule has 1 heteroatoms. The van der Waals surface area contributed by atoms with Gasteiger partial charge in [0.15, 0.2) is 0 Å². The number of hydrogen-bond acceptors (Lipinski definition) is 1. The summed E-state index contributed by atoms with van der Waals surface area (Å²) >= 11 is 0. The minimum absolute atomic E-state index is 1.07. The molecule has 0 unspecified atom stereocenters. The molecular weight excluding hydrogens is 470 g/mol. The van der Waals surface area contributed by atoms with Crippen LogP contribution in [0.3, 0.4) is 0 Å². The van der Waals surface area contributed by atoms with Crippen LogP contribution in [0.25, 0.3) is 12.2 Å². The highest BCUT2D eigenvalue weighted by Crippen LogP contribution is 2.36. The van der Waals surface area contributed by atoms with Crippen molar-refractivity contribution < 1.29 is 0 Å². The molecule has 0 fully saturated rings. The Labute approximate surface area is 236 Å². The average Bonchev–Trinajstić information content (AvgIpc) is 2.96. The van der Waals surface area contributed by atoms with Crippen molar-refractivity contribution in [2.75, 3.05) is 18.0 Å². The molecule has 0 saturated carbocycles. The second-order valence-corrected chi connectivity index (χ2v) is 11.3. The molecule has 5 rings (SSSR count). The molecule has 0 bridgehead atoms. The molecule has 0 N–H and O–H groups in total. The SMILES string of the molecule is C=CCCCc1cc(/C=C/c2ccc(C#Cc3cc4c5c(c3)CCCN5CCC4)cc2)cc(CCCC)c1C. The lowest BCUT2D eigenvalue weighted by atomic mass is 9.90. The van der Waals surface area contributed by atoms with Gasteiger partial charge >= 0.3 is 0 Å². The van der Waals surface area contributed by atoms with Gasteiger partial charge in [-0.1, -0.05) is 67.7 Å². The lowest BCUT2D eigenvalue weighted by molar-refractivity contribution is 0.634. The number of anilines is 1. The van der Waals surface area contributed by atoms with E-state index >= 15 is 0 Å². The lowest BCUT2D eigenvalue weighted by Crippen LogP contribution is -2.34. The number of rotatable bonds is 9. The molecule has 2 aliphatic heterocycles. The van der Waals surface area contributed by atoms with E-state index in [2.05, 4.69) is 97.9 Å². The molecule has 0 aromatic heterocycles. The molecule has 3 aromatic rings. The molecular formula is C38H43N. The number of hydrogen-bond donors (Lipinski definition) is 0. The van der Waals surface area contributed by atoms with Gasteiger partial charge in [0.25, 0.3) is 0 Å². The fourth-order valence-electron chi connectivity index (χ4n) is 6.18. The predicted molar refractivity (Wildman–Crippen MR) is 170 cm³/mol. The smallest absolute Gasteiger partial charge is 0.0432 e. The number of allylic oxidation sites excluding steroid dienone is 1. The first-order chi connectivity index (χ1) is 19.1. The van der Waals surface area contributed by atoms with Crippen LogP contribution in [0.4, 0.5) is 5.69 Å². The highest BCUT2D eigenvalue weighted by molar-refractivity contribution is 5.71. The zero-order chi connectivity index (χ0) is 27.0. The van der Waals surface area contributed by atoms with Gasteiger partial charge in [-0.3, -0.25) is 0 Å². The molecule has 2 aliphatic rings. The third kappa shape index (κ3) is 6.75.